The second-order valence-corrected chi connectivity index (χ2v) is 5.83. The van der Waals surface area contributed by atoms with E-state index in [-0.39, 0.29) is 6.03 Å². The standard InChI is InChI=1S/C17H19N5O/c1-12-10-21(2)20-16(12)19-17(23)22-9-7-15-13(6-8-18)4-3-5-14(15)11-22/h3-5,10H,6-7,9,11H2,1-2H3,(H,19,20,23). The Kier molecular flexibility index (Phi) is 4.02. The lowest BCUT2D eigenvalue weighted by atomic mass is 9.93. The molecule has 118 valence electrons. The van der Waals surface area contributed by atoms with Crippen molar-refractivity contribution in [1.29, 1.82) is 5.26 Å². The summed E-state index contributed by atoms with van der Waals surface area (Å²) < 4.78 is 1.69. The number of hydrogen-bond donors (Lipinski definition) is 1. The zero-order chi connectivity index (χ0) is 16.4. The van der Waals surface area contributed by atoms with E-state index in [4.69, 9.17) is 5.26 Å². The fourth-order valence-electron chi connectivity index (χ4n) is 3.02. The van der Waals surface area contributed by atoms with Crippen LogP contribution in [0.2, 0.25) is 0 Å². The van der Waals surface area contributed by atoms with Crippen LogP contribution < -0.4 is 5.32 Å². The van der Waals surface area contributed by atoms with Gasteiger partial charge >= 0.3 is 6.03 Å². The summed E-state index contributed by atoms with van der Waals surface area (Å²) in [6, 6.07) is 8.05. The van der Waals surface area contributed by atoms with Gasteiger partial charge in [0.15, 0.2) is 5.82 Å². The number of benzene rings is 1. The highest BCUT2D eigenvalue weighted by molar-refractivity contribution is 5.89. The Balaban J connectivity index is 1.74. The quantitative estimate of drug-likeness (QED) is 0.925. The first kappa shape index (κ1) is 15.1. The highest BCUT2D eigenvalue weighted by atomic mass is 16.2. The van der Waals surface area contributed by atoms with Gasteiger partial charge in [0.2, 0.25) is 0 Å². The molecular weight excluding hydrogens is 290 g/mol. The summed E-state index contributed by atoms with van der Waals surface area (Å²) in [5, 5.41) is 16.0. The number of nitrogens with zero attached hydrogens (tertiary/aromatic N) is 4. The minimum Gasteiger partial charge on any atom is -0.320 e. The summed E-state index contributed by atoms with van der Waals surface area (Å²) >= 11 is 0. The van der Waals surface area contributed by atoms with E-state index in [1.165, 1.54) is 5.56 Å². The molecule has 0 aliphatic carbocycles. The smallest absolute Gasteiger partial charge is 0.320 e. The molecule has 3 rings (SSSR count). The van der Waals surface area contributed by atoms with Crippen LogP contribution in [0.15, 0.2) is 24.4 Å². The molecule has 1 aromatic carbocycles. The largest absolute Gasteiger partial charge is 0.323 e. The van der Waals surface area contributed by atoms with Crippen molar-refractivity contribution in [3.05, 3.63) is 46.6 Å². The molecule has 6 nitrogen and oxygen atoms in total. The Bertz CT molecular complexity index is 787. The van der Waals surface area contributed by atoms with E-state index in [0.29, 0.717) is 25.3 Å². The summed E-state index contributed by atoms with van der Waals surface area (Å²) in [6.07, 6.45) is 3.07. The Hall–Kier alpha value is -2.81. The van der Waals surface area contributed by atoms with Crippen molar-refractivity contribution in [2.45, 2.75) is 26.3 Å². The Morgan fingerprint density at radius 1 is 1.48 bits per heavy atom. The molecule has 2 amide bonds. The van der Waals surface area contributed by atoms with Crippen LogP contribution in [0.1, 0.15) is 22.3 Å². The van der Waals surface area contributed by atoms with E-state index in [1.54, 1.807) is 9.58 Å². The number of carbonyl (C=O) groups excluding carboxylic acids is 1. The first-order valence-corrected chi connectivity index (χ1v) is 7.61. The third-order valence-electron chi connectivity index (χ3n) is 4.16. The summed E-state index contributed by atoms with van der Waals surface area (Å²) in [5.41, 5.74) is 4.35. The predicted molar refractivity (Wildman–Crippen MR) is 86.8 cm³/mol. The average Bonchev–Trinajstić information content (AvgIpc) is 2.85. The van der Waals surface area contributed by atoms with E-state index in [1.807, 2.05) is 38.4 Å². The van der Waals surface area contributed by atoms with E-state index in [2.05, 4.69) is 16.5 Å². The zero-order valence-corrected chi connectivity index (χ0v) is 13.3. The van der Waals surface area contributed by atoms with Gasteiger partial charge in [0, 0.05) is 31.9 Å². The van der Waals surface area contributed by atoms with Crippen molar-refractivity contribution < 1.29 is 4.79 Å². The summed E-state index contributed by atoms with van der Waals surface area (Å²) in [5.74, 6) is 0.599. The van der Waals surface area contributed by atoms with Gasteiger partial charge in [-0.05, 0) is 30.0 Å². The maximum absolute atomic E-state index is 12.5. The molecule has 0 saturated heterocycles. The van der Waals surface area contributed by atoms with E-state index < -0.39 is 0 Å². The number of aryl methyl sites for hydroxylation is 2. The Morgan fingerprint density at radius 2 is 2.30 bits per heavy atom. The van der Waals surface area contributed by atoms with E-state index in [0.717, 1.165) is 23.1 Å². The number of urea groups is 1. The first-order chi connectivity index (χ1) is 11.1. The average molecular weight is 309 g/mol. The minimum absolute atomic E-state index is 0.136. The zero-order valence-electron chi connectivity index (χ0n) is 13.3. The van der Waals surface area contributed by atoms with Crippen LogP contribution >= 0.6 is 0 Å². The van der Waals surface area contributed by atoms with Crippen LogP contribution in [0.25, 0.3) is 0 Å². The van der Waals surface area contributed by atoms with Crippen LogP contribution in [0, 0.1) is 18.3 Å². The highest BCUT2D eigenvalue weighted by Crippen LogP contribution is 2.23. The van der Waals surface area contributed by atoms with Crippen LogP contribution in [-0.4, -0.2) is 27.3 Å². The van der Waals surface area contributed by atoms with Crippen molar-refractivity contribution in [2.24, 2.45) is 7.05 Å². The maximum atomic E-state index is 12.5. The van der Waals surface area contributed by atoms with E-state index in [9.17, 15) is 4.79 Å². The molecule has 0 bridgehead atoms. The van der Waals surface area contributed by atoms with Gasteiger partial charge in [-0.15, -0.1) is 0 Å². The lowest BCUT2D eigenvalue weighted by molar-refractivity contribution is 0.206. The molecule has 0 saturated carbocycles. The molecule has 0 radical (unpaired) electrons. The molecule has 0 unspecified atom stereocenters. The number of amides is 2. The topological polar surface area (TPSA) is 74.0 Å². The molecule has 2 heterocycles. The van der Waals surface area contributed by atoms with Crippen molar-refractivity contribution in [1.82, 2.24) is 14.7 Å². The lowest BCUT2D eigenvalue weighted by Gasteiger charge is -2.29. The van der Waals surface area contributed by atoms with Gasteiger partial charge in [-0.2, -0.15) is 10.4 Å². The molecule has 1 N–H and O–H groups in total. The highest BCUT2D eigenvalue weighted by Gasteiger charge is 2.23. The maximum Gasteiger partial charge on any atom is 0.323 e. The SMILES string of the molecule is Cc1cn(C)nc1NC(=O)N1CCc2c(CC#N)cccc2C1. The predicted octanol–water partition coefficient (Wildman–Crippen LogP) is 2.38. The van der Waals surface area contributed by atoms with Crippen molar-refractivity contribution in [3.63, 3.8) is 0 Å². The lowest BCUT2D eigenvalue weighted by Crippen LogP contribution is -2.39. The van der Waals surface area contributed by atoms with Crippen LogP contribution in [0.3, 0.4) is 0 Å². The third-order valence-corrected chi connectivity index (χ3v) is 4.16. The molecule has 1 aliphatic heterocycles. The summed E-state index contributed by atoms with van der Waals surface area (Å²) in [7, 11) is 1.83. The second kappa shape index (κ2) is 6.13. The number of hydrogen-bond acceptors (Lipinski definition) is 3. The molecule has 1 aliphatic rings. The van der Waals surface area contributed by atoms with Gasteiger partial charge in [0.05, 0.1) is 12.5 Å². The number of fused-ring (bicyclic) bond motifs is 1. The van der Waals surface area contributed by atoms with Gasteiger partial charge in [-0.3, -0.25) is 10.00 Å². The van der Waals surface area contributed by atoms with Crippen LogP contribution in [0.5, 0.6) is 0 Å². The van der Waals surface area contributed by atoms with Crippen molar-refractivity contribution >= 4 is 11.8 Å². The fraction of sp³-hybridized carbons (Fsp3) is 0.353. The monoisotopic (exact) mass is 309 g/mol. The Morgan fingerprint density at radius 3 is 3.00 bits per heavy atom. The number of nitrogens with one attached hydrogen (secondary N) is 1. The summed E-state index contributed by atoms with van der Waals surface area (Å²) in [4.78, 5) is 14.2. The van der Waals surface area contributed by atoms with Gasteiger partial charge in [0.1, 0.15) is 0 Å². The fourth-order valence-corrected chi connectivity index (χ4v) is 3.02. The van der Waals surface area contributed by atoms with Gasteiger partial charge in [-0.1, -0.05) is 18.2 Å². The van der Waals surface area contributed by atoms with Gasteiger partial charge in [0.25, 0.3) is 0 Å². The van der Waals surface area contributed by atoms with E-state index >= 15 is 0 Å². The molecule has 0 atom stereocenters. The molecule has 0 fully saturated rings. The number of carbonyl (C=O) groups is 1. The molecular formula is C17H19N5O. The number of rotatable bonds is 2. The molecule has 2 aromatic rings. The molecule has 0 spiro atoms. The third kappa shape index (κ3) is 3.04. The van der Waals surface area contributed by atoms with Gasteiger partial charge in [-0.25, -0.2) is 4.79 Å². The van der Waals surface area contributed by atoms with Crippen molar-refractivity contribution in [3.8, 4) is 6.07 Å². The van der Waals surface area contributed by atoms with Crippen LogP contribution in [-0.2, 0) is 26.4 Å². The second-order valence-electron chi connectivity index (χ2n) is 5.83. The normalized spacial score (nSPS) is 13.3. The number of anilines is 1. The summed E-state index contributed by atoms with van der Waals surface area (Å²) in [6.45, 7) is 3.13. The van der Waals surface area contributed by atoms with Crippen LogP contribution in [0.4, 0.5) is 10.6 Å². The minimum atomic E-state index is -0.136. The van der Waals surface area contributed by atoms with Gasteiger partial charge < -0.3 is 4.90 Å². The van der Waals surface area contributed by atoms with Crippen molar-refractivity contribution in [2.75, 3.05) is 11.9 Å². The molecule has 23 heavy (non-hydrogen) atoms. The number of nitriles is 1. The number of aromatic nitrogens is 2. The first-order valence-electron chi connectivity index (χ1n) is 7.61. The molecule has 6 heteroatoms. The molecule has 1 aromatic heterocycles. The Labute approximate surface area is 135 Å².